The molecular formula is C12H13FO4. The van der Waals surface area contributed by atoms with Gasteiger partial charge in [-0.2, -0.15) is 0 Å². The summed E-state index contributed by atoms with van der Waals surface area (Å²) in [6.07, 6.45) is 0. The maximum absolute atomic E-state index is 13.5. The fourth-order valence-electron chi connectivity index (χ4n) is 1.30. The van der Waals surface area contributed by atoms with E-state index >= 15 is 0 Å². The molecule has 0 spiro atoms. The molecule has 0 unspecified atom stereocenters. The Bertz CT molecular complexity index is 440. The molecule has 5 heteroatoms. The van der Waals surface area contributed by atoms with Crippen LogP contribution >= 0.6 is 0 Å². The predicted molar refractivity (Wildman–Crippen MR) is 57.6 cm³/mol. The molecule has 1 heterocycles. The summed E-state index contributed by atoms with van der Waals surface area (Å²) in [5.74, 6) is -0.991. The monoisotopic (exact) mass is 240 g/mol. The zero-order valence-electron chi connectivity index (χ0n) is 9.66. The van der Waals surface area contributed by atoms with E-state index in [1.54, 1.807) is 0 Å². The summed E-state index contributed by atoms with van der Waals surface area (Å²) < 4.78 is 28.5. The molecule has 0 aliphatic carbocycles. The van der Waals surface area contributed by atoms with Gasteiger partial charge in [-0.25, -0.2) is 9.18 Å². The van der Waals surface area contributed by atoms with Gasteiger partial charge in [-0.05, 0) is 19.1 Å². The maximum Gasteiger partial charge on any atom is 0.340 e. The number of hydrogen-bond acceptors (Lipinski definition) is 4. The summed E-state index contributed by atoms with van der Waals surface area (Å²) in [6.45, 7) is 2.92. The number of carbonyl (C=O) groups excluding carboxylic acids is 1. The summed E-state index contributed by atoms with van der Waals surface area (Å²) in [7, 11) is 1.21. The molecule has 2 rings (SSSR count). The number of hydrogen-bond donors (Lipinski definition) is 0. The lowest BCUT2D eigenvalue weighted by Crippen LogP contribution is -2.17. The third-order valence-corrected chi connectivity index (χ3v) is 2.53. The maximum atomic E-state index is 13.5. The fraction of sp³-hybridized carbons (Fsp3) is 0.417. The number of esters is 1. The summed E-state index contributed by atoms with van der Waals surface area (Å²) in [5, 5.41) is 0. The fourth-order valence-corrected chi connectivity index (χ4v) is 1.30. The first kappa shape index (κ1) is 11.9. The lowest BCUT2D eigenvalue weighted by molar-refractivity contribution is 0.0595. The van der Waals surface area contributed by atoms with Gasteiger partial charge in [0.05, 0.1) is 19.3 Å². The molecule has 0 amide bonds. The molecule has 0 radical (unpaired) electrons. The van der Waals surface area contributed by atoms with E-state index in [0.717, 1.165) is 6.07 Å². The largest absolute Gasteiger partial charge is 0.490 e. The number of halogens is 1. The lowest BCUT2D eigenvalue weighted by Gasteiger charge is -2.09. The highest BCUT2D eigenvalue weighted by Gasteiger charge is 2.40. The summed E-state index contributed by atoms with van der Waals surface area (Å²) in [6, 6.07) is 4.03. The van der Waals surface area contributed by atoms with Crippen LogP contribution in [0.25, 0.3) is 0 Å². The third-order valence-electron chi connectivity index (χ3n) is 2.53. The first-order chi connectivity index (χ1) is 8.04. The van der Waals surface area contributed by atoms with Crippen molar-refractivity contribution in [3.63, 3.8) is 0 Å². The van der Waals surface area contributed by atoms with Gasteiger partial charge in [-0.15, -0.1) is 0 Å². The average Bonchev–Trinajstić information content (AvgIpc) is 3.05. The smallest absolute Gasteiger partial charge is 0.340 e. The normalized spacial score (nSPS) is 22.1. The number of benzene rings is 1. The second-order valence-electron chi connectivity index (χ2n) is 4.16. The van der Waals surface area contributed by atoms with Gasteiger partial charge in [0.1, 0.15) is 23.8 Å². The molecule has 4 nitrogen and oxygen atoms in total. The Morgan fingerprint density at radius 2 is 2.29 bits per heavy atom. The molecule has 1 aliphatic rings. The Hall–Kier alpha value is -1.62. The number of methoxy groups -OCH3 is 1. The van der Waals surface area contributed by atoms with Crippen molar-refractivity contribution >= 4 is 5.97 Å². The molecule has 1 aromatic carbocycles. The molecule has 0 N–H and O–H groups in total. The summed E-state index contributed by atoms with van der Waals surface area (Å²) in [5.41, 5.74) is -0.356. The zero-order valence-corrected chi connectivity index (χ0v) is 9.66. The molecule has 1 fully saturated rings. The highest BCUT2D eigenvalue weighted by atomic mass is 19.1. The van der Waals surface area contributed by atoms with E-state index in [1.165, 1.54) is 19.2 Å². The number of rotatable bonds is 4. The Labute approximate surface area is 98.3 Å². The van der Waals surface area contributed by atoms with Crippen LogP contribution in [0.2, 0.25) is 0 Å². The van der Waals surface area contributed by atoms with Gasteiger partial charge in [-0.1, -0.05) is 0 Å². The van der Waals surface area contributed by atoms with Crippen LogP contribution in [0.5, 0.6) is 5.75 Å². The van der Waals surface area contributed by atoms with E-state index in [2.05, 4.69) is 4.74 Å². The molecule has 92 valence electrons. The molecule has 1 aromatic rings. The van der Waals surface area contributed by atoms with E-state index in [4.69, 9.17) is 9.47 Å². The third kappa shape index (κ3) is 2.74. The molecule has 1 aliphatic heterocycles. The van der Waals surface area contributed by atoms with Crippen LogP contribution in [0.4, 0.5) is 4.39 Å². The Morgan fingerprint density at radius 3 is 2.82 bits per heavy atom. The van der Waals surface area contributed by atoms with E-state index in [9.17, 15) is 9.18 Å². The summed E-state index contributed by atoms with van der Waals surface area (Å²) >= 11 is 0. The quantitative estimate of drug-likeness (QED) is 0.594. The molecule has 1 atom stereocenters. The van der Waals surface area contributed by atoms with Crippen LogP contribution in [-0.4, -0.2) is 31.9 Å². The molecule has 0 saturated carbocycles. The highest BCUT2D eigenvalue weighted by molar-refractivity contribution is 5.89. The van der Waals surface area contributed by atoms with Gasteiger partial charge >= 0.3 is 5.97 Å². The number of carbonyl (C=O) groups is 1. The second-order valence-corrected chi connectivity index (χ2v) is 4.16. The molecule has 0 aromatic heterocycles. The minimum absolute atomic E-state index is 0.103. The second kappa shape index (κ2) is 4.33. The zero-order chi connectivity index (χ0) is 12.5. The van der Waals surface area contributed by atoms with E-state index < -0.39 is 11.8 Å². The van der Waals surface area contributed by atoms with Gasteiger partial charge in [0.15, 0.2) is 0 Å². The van der Waals surface area contributed by atoms with Gasteiger partial charge < -0.3 is 14.2 Å². The van der Waals surface area contributed by atoms with Crippen LogP contribution in [0.15, 0.2) is 18.2 Å². The first-order valence-corrected chi connectivity index (χ1v) is 5.19. The number of ether oxygens (including phenoxy) is 3. The van der Waals surface area contributed by atoms with Crippen molar-refractivity contribution < 1.29 is 23.4 Å². The lowest BCUT2D eigenvalue weighted by atomic mass is 10.2. The molecular weight excluding hydrogens is 227 g/mol. The Balaban J connectivity index is 2.05. The van der Waals surface area contributed by atoms with Gasteiger partial charge in [0.2, 0.25) is 0 Å². The summed E-state index contributed by atoms with van der Waals surface area (Å²) in [4.78, 5) is 11.1. The standard InChI is InChI=1S/C12H13FO4/c1-12(7-17-12)6-16-8-3-4-9(10(13)5-8)11(14)15-2/h3-5H,6-7H2,1-2H3/t12-/m1/s1. The Morgan fingerprint density at radius 1 is 1.59 bits per heavy atom. The van der Waals surface area contributed by atoms with Crippen LogP contribution < -0.4 is 4.74 Å². The van der Waals surface area contributed by atoms with Crippen molar-refractivity contribution in [2.24, 2.45) is 0 Å². The van der Waals surface area contributed by atoms with Crippen LogP contribution in [0.3, 0.4) is 0 Å². The van der Waals surface area contributed by atoms with Crippen molar-refractivity contribution in [1.29, 1.82) is 0 Å². The van der Waals surface area contributed by atoms with Crippen molar-refractivity contribution in [2.45, 2.75) is 12.5 Å². The van der Waals surface area contributed by atoms with Crippen LogP contribution in [0.1, 0.15) is 17.3 Å². The van der Waals surface area contributed by atoms with E-state index in [1.807, 2.05) is 6.92 Å². The Kier molecular flexibility index (Phi) is 3.02. The van der Waals surface area contributed by atoms with E-state index in [0.29, 0.717) is 19.0 Å². The van der Waals surface area contributed by atoms with E-state index in [-0.39, 0.29) is 11.2 Å². The van der Waals surface area contributed by atoms with Crippen molar-refractivity contribution in [3.05, 3.63) is 29.6 Å². The molecule has 0 bridgehead atoms. The van der Waals surface area contributed by atoms with Crippen LogP contribution in [0, 0.1) is 5.82 Å². The van der Waals surface area contributed by atoms with Crippen LogP contribution in [-0.2, 0) is 9.47 Å². The topological polar surface area (TPSA) is 48.1 Å². The van der Waals surface area contributed by atoms with Gasteiger partial charge in [0, 0.05) is 6.07 Å². The predicted octanol–water partition coefficient (Wildman–Crippen LogP) is 1.78. The van der Waals surface area contributed by atoms with Gasteiger partial charge in [-0.3, -0.25) is 0 Å². The van der Waals surface area contributed by atoms with Crippen molar-refractivity contribution in [3.8, 4) is 5.75 Å². The SMILES string of the molecule is COC(=O)c1ccc(OC[C@]2(C)CO2)cc1F. The minimum Gasteiger partial charge on any atom is -0.490 e. The van der Waals surface area contributed by atoms with Gasteiger partial charge in [0.25, 0.3) is 0 Å². The number of epoxide rings is 1. The minimum atomic E-state index is -0.702. The molecule has 1 saturated heterocycles. The average molecular weight is 240 g/mol. The van der Waals surface area contributed by atoms with Crippen molar-refractivity contribution in [2.75, 3.05) is 20.3 Å². The molecule has 17 heavy (non-hydrogen) atoms. The van der Waals surface area contributed by atoms with Crippen molar-refractivity contribution in [1.82, 2.24) is 0 Å². The first-order valence-electron chi connectivity index (χ1n) is 5.19. The highest BCUT2D eigenvalue weighted by Crippen LogP contribution is 2.27.